The van der Waals surface area contributed by atoms with E-state index in [9.17, 15) is 4.79 Å². The number of hydrogen-bond donors (Lipinski definition) is 3. The van der Waals surface area contributed by atoms with Crippen molar-refractivity contribution in [2.24, 2.45) is 10.9 Å². The SMILES string of the molecule is I.O=C(NCCNC(=NCCc1ccco1)NC1CCOc2ccccc21)C1CC1. The maximum absolute atomic E-state index is 11.8. The average molecular weight is 524 g/mol. The zero-order chi connectivity index (χ0) is 19.9. The molecule has 3 N–H and O–H groups in total. The fourth-order valence-corrected chi connectivity index (χ4v) is 3.40. The molecule has 30 heavy (non-hydrogen) atoms. The molecule has 1 atom stereocenters. The van der Waals surface area contributed by atoms with Gasteiger partial charge < -0.3 is 25.1 Å². The highest BCUT2D eigenvalue weighted by molar-refractivity contribution is 14.0. The Labute approximate surface area is 194 Å². The second-order valence-electron chi connectivity index (χ2n) is 7.42. The molecule has 1 saturated carbocycles. The van der Waals surface area contributed by atoms with Crippen LogP contribution < -0.4 is 20.7 Å². The molecule has 1 aromatic carbocycles. The predicted octanol–water partition coefficient (Wildman–Crippen LogP) is 3.03. The molecule has 0 radical (unpaired) electrons. The van der Waals surface area contributed by atoms with E-state index in [0.29, 0.717) is 26.2 Å². The van der Waals surface area contributed by atoms with Gasteiger partial charge in [0.2, 0.25) is 5.91 Å². The van der Waals surface area contributed by atoms with Crippen LogP contribution in [0.1, 0.15) is 36.6 Å². The Kier molecular flexibility index (Phi) is 8.41. The molecule has 7 nitrogen and oxygen atoms in total. The van der Waals surface area contributed by atoms with Gasteiger partial charge in [-0.3, -0.25) is 9.79 Å². The number of para-hydroxylation sites is 1. The van der Waals surface area contributed by atoms with Gasteiger partial charge in [-0.15, -0.1) is 24.0 Å². The third-order valence-corrected chi connectivity index (χ3v) is 5.14. The number of nitrogens with one attached hydrogen (secondary N) is 3. The van der Waals surface area contributed by atoms with Gasteiger partial charge in [-0.05, 0) is 31.0 Å². The Hall–Kier alpha value is -2.23. The van der Waals surface area contributed by atoms with Crippen molar-refractivity contribution in [3.05, 3.63) is 54.0 Å². The van der Waals surface area contributed by atoms with Crippen LogP contribution in [0.5, 0.6) is 5.75 Å². The Morgan fingerprint density at radius 2 is 1.90 bits per heavy atom. The monoisotopic (exact) mass is 524 g/mol. The van der Waals surface area contributed by atoms with E-state index in [2.05, 4.69) is 22.0 Å². The third kappa shape index (κ3) is 6.38. The molecule has 2 aromatic rings. The number of furan rings is 1. The molecule has 0 spiro atoms. The summed E-state index contributed by atoms with van der Waals surface area (Å²) in [5.41, 5.74) is 1.14. The lowest BCUT2D eigenvalue weighted by Gasteiger charge is -2.28. The quantitative estimate of drug-likeness (QED) is 0.214. The van der Waals surface area contributed by atoms with Crippen molar-refractivity contribution < 1.29 is 13.9 Å². The zero-order valence-electron chi connectivity index (χ0n) is 16.9. The molecule has 1 amide bonds. The maximum Gasteiger partial charge on any atom is 0.223 e. The number of aliphatic imine (C=N–C) groups is 1. The maximum atomic E-state index is 11.8. The first kappa shape index (κ1) is 22.5. The average Bonchev–Trinajstić information content (AvgIpc) is 3.47. The van der Waals surface area contributed by atoms with Gasteiger partial charge in [0.25, 0.3) is 0 Å². The van der Waals surface area contributed by atoms with Crippen LogP contribution in [0.3, 0.4) is 0 Å². The van der Waals surface area contributed by atoms with Gasteiger partial charge in [0.05, 0.1) is 18.9 Å². The summed E-state index contributed by atoms with van der Waals surface area (Å²) in [7, 11) is 0. The summed E-state index contributed by atoms with van der Waals surface area (Å²) in [6.07, 6.45) is 5.32. The van der Waals surface area contributed by atoms with Crippen LogP contribution in [0.15, 0.2) is 52.1 Å². The zero-order valence-corrected chi connectivity index (χ0v) is 19.3. The summed E-state index contributed by atoms with van der Waals surface area (Å²) < 4.78 is 11.1. The number of carbonyl (C=O) groups excluding carboxylic acids is 1. The third-order valence-electron chi connectivity index (χ3n) is 5.14. The Morgan fingerprint density at radius 1 is 1.07 bits per heavy atom. The van der Waals surface area contributed by atoms with E-state index in [1.165, 1.54) is 0 Å². The highest BCUT2D eigenvalue weighted by Gasteiger charge is 2.29. The molecule has 8 heteroatoms. The van der Waals surface area contributed by atoms with Crippen LogP contribution in [-0.2, 0) is 11.2 Å². The lowest BCUT2D eigenvalue weighted by atomic mass is 10.0. The molecule has 1 fully saturated rings. The number of carbonyl (C=O) groups is 1. The van der Waals surface area contributed by atoms with Crippen molar-refractivity contribution in [3.8, 4) is 5.75 Å². The number of halogens is 1. The molecular weight excluding hydrogens is 495 g/mol. The number of fused-ring (bicyclic) bond motifs is 1. The van der Waals surface area contributed by atoms with Gasteiger partial charge >= 0.3 is 0 Å². The Morgan fingerprint density at radius 3 is 2.70 bits per heavy atom. The molecular formula is C22H29IN4O3. The summed E-state index contributed by atoms with van der Waals surface area (Å²) in [6, 6.07) is 12.1. The van der Waals surface area contributed by atoms with Crippen LogP contribution in [-0.4, -0.2) is 38.1 Å². The van der Waals surface area contributed by atoms with Crippen LogP contribution in [0.2, 0.25) is 0 Å². The number of rotatable bonds is 8. The van der Waals surface area contributed by atoms with Crippen LogP contribution in [0, 0.1) is 5.92 Å². The van der Waals surface area contributed by atoms with Gasteiger partial charge in [-0.1, -0.05) is 18.2 Å². The fraction of sp³-hybridized carbons (Fsp3) is 0.455. The van der Waals surface area contributed by atoms with E-state index >= 15 is 0 Å². The van der Waals surface area contributed by atoms with Crippen molar-refractivity contribution in [2.45, 2.75) is 31.7 Å². The number of guanidine groups is 1. The summed E-state index contributed by atoms with van der Waals surface area (Å²) in [5.74, 6) is 2.96. The van der Waals surface area contributed by atoms with E-state index in [1.807, 2.05) is 30.3 Å². The lowest BCUT2D eigenvalue weighted by Crippen LogP contribution is -2.44. The fourth-order valence-electron chi connectivity index (χ4n) is 3.40. The molecule has 0 bridgehead atoms. The van der Waals surface area contributed by atoms with Gasteiger partial charge in [0.1, 0.15) is 11.5 Å². The molecule has 2 aliphatic rings. The Balaban J connectivity index is 0.00000256. The van der Waals surface area contributed by atoms with E-state index in [0.717, 1.165) is 48.7 Å². The van der Waals surface area contributed by atoms with E-state index < -0.39 is 0 Å². The van der Waals surface area contributed by atoms with Crippen molar-refractivity contribution in [3.63, 3.8) is 0 Å². The minimum atomic E-state index is 0. The molecule has 1 aliphatic carbocycles. The number of benzene rings is 1. The van der Waals surface area contributed by atoms with Gasteiger partial charge in [-0.25, -0.2) is 0 Å². The van der Waals surface area contributed by atoms with Gasteiger partial charge in [0.15, 0.2) is 5.96 Å². The molecule has 1 aromatic heterocycles. The first-order chi connectivity index (χ1) is 14.3. The first-order valence-electron chi connectivity index (χ1n) is 10.4. The summed E-state index contributed by atoms with van der Waals surface area (Å²) in [4.78, 5) is 16.5. The summed E-state index contributed by atoms with van der Waals surface area (Å²) in [5, 5.41) is 9.85. The smallest absolute Gasteiger partial charge is 0.223 e. The van der Waals surface area contributed by atoms with E-state index in [4.69, 9.17) is 14.1 Å². The topological polar surface area (TPSA) is 87.9 Å². The highest BCUT2D eigenvalue weighted by Crippen LogP contribution is 2.31. The lowest BCUT2D eigenvalue weighted by molar-refractivity contribution is -0.122. The Bertz CT molecular complexity index is 837. The van der Waals surface area contributed by atoms with Crippen LogP contribution in [0.25, 0.3) is 0 Å². The number of hydrogen-bond acceptors (Lipinski definition) is 4. The normalized spacial score (nSPS) is 17.9. The molecule has 1 aliphatic heterocycles. The molecule has 0 saturated heterocycles. The van der Waals surface area contributed by atoms with Crippen molar-refractivity contribution in [1.29, 1.82) is 0 Å². The molecule has 1 unspecified atom stereocenters. The van der Waals surface area contributed by atoms with Crippen molar-refractivity contribution in [2.75, 3.05) is 26.2 Å². The number of nitrogens with zero attached hydrogens (tertiary/aromatic N) is 1. The van der Waals surface area contributed by atoms with Gasteiger partial charge in [0, 0.05) is 44.0 Å². The summed E-state index contributed by atoms with van der Waals surface area (Å²) >= 11 is 0. The van der Waals surface area contributed by atoms with Gasteiger partial charge in [-0.2, -0.15) is 0 Å². The van der Waals surface area contributed by atoms with Crippen molar-refractivity contribution >= 4 is 35.8 Å². The van der Waals surface area contributed by atoms with Crippen molar-refractivity contribution in [1.82, 2.24) is 16.0 Å². The minimum absolute atomic E-state index is 0. The first-order valence-corrected chi connectivity index (χ1v) is 10.4. The minimum Gasteiger partial charge on any atom is -0.493 e. The number of ether oxygens (including phenoxy) is 1. The number of amides is 1. The predicted molar refractivity (Wildman–Crippen MR) is 126 cm³/mol. The molecule has 162 valence electrons. The van der Waals surface area contributed by atoms with E-state index in [1.54, 1.807) is 6.26 Å². The second-order valence-corrected chi connectivity index (χ2v) is 7.42. The highest BCUT2D eigenvalue weighted by atomic mass is 127. The standard InChI is InChI=1S/C22H28N4O3.HI/c27-21(16-7-8-16)23-12-13-25-22(24-11-9-17-4-3-14-28-17)26-19-10-15-29-20-6-2-1-5-18(19)20;/h1-6,14,16,19H,7-13,15H2,(H,23,27)(H2,24,25,26);1H. The largest absolute Gasteiger partial charge is 0.493 e. The van der Waals surface area contributed by atoms with Crippen LogP contribution >= 0.6 is 24.0 Å². The van der Waals surface area contributed by atoms with Crippen LogP contribution in [0.4, 0.5) is 0 Å². The molecule has 4 rings (SSSR count). The molecule has 2 heterocycles. The second kappa shape index (κ2) is 11.2. The van der Waals surface area contributed by atoms with E-state index in [-0.39, 0.29) is 41.8 Å². The summed E-state index contributed by atoms with van der Waals surface area (Å²) in [6.45, 7) is 2.49.